The number of ether oxygens (including phenoxy) is 2. The molecule has 192 valence electrons. The minimum absolute atomic E-state index is 0.102. The van der Waals surface area contributed by atoms with Crippen LogP contribution in [-0.2, 0) is 0 Å². The van der Waals surface area contributed by atoms with Crippen LogP contribution in [0.5, 0.6) is 11.5 Å². The molecule has 0 aromatic heterocycles. The van der Waals surface area contributed by atoms with Gasteiger partial charge < -0.3 is 9.47 Å². The molecule has 0 bridgehead atoms. The summed E-state index contributed by atoms with van der Waals surface area (Å²) in [5, 5.41) is 23.0. The zero-order chi connectivity index (χ0) is 27.4. The minimum Gasteiger partial charge on any atom is -0.493 e. The summed E-state index contributed by atoms with van der Waals surface area (Å²) in [5.74, 6) is -0.537. The molecule has 4 rings (SSSR count). The molecule has 0 unspecified atom stereocenters. The Morgan fingerprint density at radius 3 is 1.32 bits per heavy atom. The number of rotatable bonds is 10. The van der Waals surface area contributed by atoms with E-state index in [0.717, 1.165) is 0 Å². The van der Waals surface area contributed by atoms with Crippen LogP contribution in [0, 0.1) is 20.2 Å². The van der Waals surface area contributed by atoms with Gasteiger partial charge in [0.25, 0.3) is 11.4 Å². The van der Waals surface area contributed by atoms with Crippen LogP contribution in [0.3, 0.4) is 0 Å². The fraction of sp³-hybridized carbons (Fsp3) is 0.143. The molecule has 0 radical (unpaired) electrons. The van der Waals surface area contributed by atoms with Crippen molar-refractivity contribution in [1.82, 2.24) is 0 Å². The summed E-state index contributed by atoms with van der Waals surface area (Å²) in [4.78, 5) is 48.8. The summed E-state index contributed by atoms with van der Waals surface area (Å²) in [6.45, 7) is 3.99. The second-order valence-electron chi connectivity index (χ2n) is 8.11. The van der Waals surface area contributed by atoms with Crippen LogP contribution in [-0.4, -0.2) is 34.6 Å². The normalized spacial score (nSPS) is 10.7. The van der Waals surface area contributed by atoms with E-state index in [1.807, 2.05) is 0 Å². The smallest absolute Gasteiger partial charge is 0.269 e. The molecule has 4 aromatic rings. The molecular weight excluding hydrogens is 492 g/mol. The first-order chi connectivity index (χ1) is 18.3. The van der Waals surface area contributed by atoms with Crippen LogP contribution < -0.4 is 9.47 Å². The Kier molecular flexibility index (Phi) is 7.43. The molecule has 0 fully saturated rings. The van der Waals surface area contributed by atoms with Gasteiger partial charge in [0.1, 0.15) is 11.5 Å². The molecule has 0 heterocycles. The second kappa shape index (κ2) is 10.9. The van der Waals surface area contributed by atoms with E-state index in [1.54, 1.807) is 38.1 Å². The van der Waals surface area contributed by atoms with Crippen LogP contribution in [0.2, 0.25) is 0 Å². The summed E-state index contributed by atoms with van der Waals surface area (Å²) in [6.07, 6.45) is 0. The number of nitro benzene ring substituents is 2. The molecule has 0 atom stereocenters. The number of hydrogen-bond donors (Lipinski definition) is 0. The molecule has 0 N–H and O–H groups in total. The van der Waals surface area contributed by atoms with Gasteiger partial charge in [-0.15, -0.1) is 0 Å². The maximum absolute atomic E-state index is 13.9. The Labute approximate surface area is 216 Å². The van der Waals surface area contributed by atoms with Crippen LogP contribution in [0.1, 0.15) is 45.7 Å². The van der Waals surface area contributed by atoms with Crippen molar-refractivity contribution in [2.24, 2.45) is 0 Å². The van der Waals surface area contributed by atoms with Crippen molar-refractivity contribution in [3.05, 3.63) is 115 Å². The molecule has 10 nitrogen and oxygen atoms in total. The second-order valence-corrected chi connectivity index (χ2v) is 8.11. The van der Waals surface area contributed by atoms with Gasteiger partial charge in [-0.05, 0) is 55.6 Å². The lowest BCUT2D eigenvalue weighted by Gasteiger charge is -2.18. The van der Waals surface area contributed by atoms with Crippen LogP contribution >= 0.6 is 0 Å². The van der Waals surface area contributed by atoms with Crippen LogP contribution in [0.25, 0.3) is 10.8 Å². The predicted molar refractivity (Wildman–Crippen MR) is 139 cm³/mol. The summed E-state index contributed by atoms with van der Waals surface area (Å²) < 4.78 is 11.6. The SMILES string of the molecule is CCOc1ccc2ccc(OCC)c(C(=O)c3ccc([N+](=O)[O-])cc3)c2c1C(=O)c1ccc([N+](=O)[O-])cc1. The largest absolute Gasteiger partial charge is 0.493 e. The Balaban J connectivity index is 2.00. The topological polar surface area (TPSA) is 139 Å². The third kappa shape index (κ3) is 4.92. The van der Waals surface area contributed by atoms with Crippen LogP contribution in [0.15, 0.2) is 72.8 Å². The highest BCUT2D eigenvalue weighted by atomic mass is 16.6. The van der Waals surface area contributed by atoms with Crippen molar-refractivity contribution >= 4 is 33.7 Å². The lowest BCUT2D eigenvalue weighted by Crippen LogP contribution is -2.12. The van der Waals surface area contributed by atoms with Gasteiger partial charge in [-0.1, -0.05) is 12.1 Å². The van der Waals surface area contributed by atoms with E-state index in [9.17, 15) is 29.8 Å². The van der Waals surface area contributed by atoms with Gasteiger partial charge in [0.2, 0.25) is 0 Å². The average molecular weight is 514 g/mol. The number of nitrogens with zero attached hydrogens (tertiary/aromatic N) is 2. The zero-order valence-corrected chi connectivity index (χ0v) is 20.5. The molecule has 0 spiro atoms. The Morgan fingerprint density at radius 2 is 1.00 bits per heavy atom. The Hall–Kier alpha value is -5.12. The van der Waals surface area contributed by atoms with Crippen molar-refractivity contribution in [1.29, 1.82) is 0 Å². The van der Waals surface area contributed by atoms with E-state index in [1.165, 1.54) is 48.5 Å². The van der Waals surface area contributed by atoms with Gasteiger partial charge in [-0.3, -0.25) is 29.8 Å². The Morgan fingerprint density at radius 1 is 0.632 bits per heavy atom. The Bertz CT molecular complexity index is 1450. The highest BCUT2D eigenvalue weighted by Crippen LogP contribution is 2.38. The molecule has 0 aliphatic rings. The van der Waals surface area contributed by atoms with E-state index >= 15 is 0 Å². The van der Waals surface area contributed by atoms with E-state index in [2.05, 4.69) is 0 Å². The number of non-ortho nitro benzene ring substituents is 2. The van der Waals surface area contributed by atoms with Gasteiger partial charge >= 0.3 is 0 Å². The molecule has 4 aromatic carbocycles. The van der Waals surface area contributed by atoms with Crippen molar-refractivity contribution < 1.29 is 28.9 Å². The third-order valence-electron chi connectivity index (χ3n) is 5.84. The maximum Gasteiger partial charge on any atom is 0.269 e. The summed E-state index contributed by atoms with van der Waals surface area (Å²) >= 11 is 0. The first-order valence-corrected chi connectivity index (χ1v) is 11.7. The van der Waals surface area contributed by atoms with E-state index < -0.39 is 21.4 Å². The predicted octanol–water partition coefficient (Wildman–Crippen LogP) is 5.92. The standard InChI is InChI=1S/C28H22N2O8/c1-3-37-22-15-9-17-10-16-23(38-4-2)26(28(32)19-7-13-21(14-8-19)30(35)36)24(17)25(22)27(31)18-5-11-20(12-6-18)29(33)34/h5-16H,3-4H2,1-2H3. The van der Waals surface area contributed by atoms with Gasteiger partial charge in [-0.2, -0.15) is 0 Å². The van der Waals surface area contributed by atoms with Gasteiger partial charge in [-0.25, -0.2) is 0 Å². The number of fused-ring (bicyclic) bond motifs is 1. The van der Waals surface area contributed by atoms with Gasteiger partial charge in [0, 0.05) is 40.8 Å². The number of ketones is 2. The van der Waals surface area contributed by atoms with E-state index in [4.69, 9.17) is 9.47 Å². The molecule has 0 amide bonds. The molecule has 0 aliphatic carbocycles. The maximum atomic E-state index is 13.9. The first kappa shape index (κ1) is 26.0. The van der Waals surface area contributed by atoms with Crippen LogP contribution in [0.4, 0.5) is 11.4 Å². The van der Waals surface area contributed by atoms with Crippen molar-refractivity contribution in [3.8, 4) is 11.5 Å². The van der Waals surface area contributed by atoms with Crippen molar-refractivity contribution in [3.63, 3.8) is 0 Å². The number of carbonyl (C=O) groups is 2. The highest BCUT2D eigenvalue weighted by molar-refractivity contribution is 6.26. The zero-order valence-electron chi connectivity index (χ0n) is 20.5. The van der Waals surface area contributed by atoms with E-state index in [0.29, 0.717) is 5.39 Å². The summed E-state index contributed by atoms with van der Waals surface area (Å²) in [7, 11) is 0. The van der Waals surface area contributed by atoms with E-state index in [-0.39, 0.29) is 63.7 Å². The fourth-order valence-electron chi connectivity index (χ4n) is 4.14. The number of carbonyl (C=O) groups excluding carboxylic acids is 2. The molecule has 0 aliphatic heterocycles. The molecule has 0 saturated heterocycles. The molecule has 10 heteroatoms. The average Bonchev–Trinajstić information content (AvgIpc) is 2.92. The van der Waals surface area contributed by atoms with Gasteiger partial charge in [0.05, 0.1) is 34.2 Å². The molecule has 38 heavy (non-hydrogen) atoms. The number of hydrogen-bond acceptors (Lipinski definition) is 8. The molecular formula is C28H22N2O8. The third-order valence-corrected chi connectivity index (χ3v) is 5.84. The minimum atomic E-state index is -0.562. The van der Waals surface area contributed by atoms with Gasteiger partial charge in [0.15, 0.2) is 11.6 Å². The summed E-state index contributed by atoms with van der Waals surface area (Å²) in [5.41, 5.74) is 0.198. The monoisotopic (exact) mass is 514 g/mol. The quantitative estimate of drug-likeness (QED) is 0.144. The first-order valence-electron chi connectivity index (χ1n) is 11.7. The fourth-order valence-corrected chi connectivity index (χ4v) is 4.14. The molecule has 0 saturated carbocycles. The van der Waals surface area contributed by atoms with Crippen molar-refractivity contribution in [2.75, 3.05) is 13.2 Å². The lowest BCUT2D eigenvalue weighted by molar-refractivity contribution is -0.385. The number of nitro groups is 2. The van der Waals surface area contributed by atoms with Crippen molar-refractivity contribution in [2.45, 2.75) is 13.8 Å². The number of benzene rings is 4. The highest BCUT2D eigenvalue weighted by Gasteiger charge is 2.27. The summed E-state index contributed by atoms with van der Waals surface area (Å²) in [6, 6.07) is 17.0. The lowest BCUT2D eigenvalue weighted by atomic mass is 9.89.